The van der Waals surface area contributed by atoms with Crippen LogP contribution in [0.4, 0.5) is 5.69 Å². The second-order valence-electron chi connectivity index (χ2n) is 5.74. The van der Waals surface area contributed by atoms with Crippen LogP contribution in [0.1, 0.15) is 27.7 Å². The summed E-state index contributed by atoms with van der Waals surface area (Å²) in [6.07, 6.45) is 1.32. The van der Waals surface area contributed by atoms with Gasteiger partial charge in [0.2, 0.25) is 5.89 Å². The molecule has 0 aliphatic carbocycles. The minimum absolute atomic E-state index is 0.0947. The van der Waals surface area contributed by atoms with Crippen LogP contribution in [0.25, 0.3) is 0 Å². The molecule has 6 nitrogen and oxygen atoms in total. The fourth-order valence-electron chi connectivity index (χ4n) is 2.45. The van der Waals surface area contributed by atoms with Gasteiger partial charge in [0.25, 0.3) is 0 Å². The molecule has 1 aromatic heterocycles. The summed E-state index contributed by atoms with van der Waals surface area (Å²) >= 11 is 6.07. The first kappa shape index (κ1) is 17.9. The lowest BCUT2D eigenvalue weighted by Crippen LogP contribution is -2.13. The van der Waals surface area contributed by atoms with E-state index in [1.807, 2.05) is 37.3 Å². The molecule has 0 atom stereocenters. The Morgan fingerprint density at radius 2 is 1.96 bits per heavy atom. The van der Waals surface area contributed by atoms with E-state index >= 15 is 0 Å². The molecule has 1 amide bonds. The van der Waals surface area contributed by atoms with Gasteiger partial charge in [0.1, 0.15) is 5.75 Å². The van der Waals surface area contributed by atoms with Crippen LogP contribution >= 0.6 is 11.6 Å². The molecule has 3 rings (SSSR count). The molecule has 1 heterocycles. The van der Waals surface area contributed by atoms with Gasteiger partial charge in [-0.15, -0.1) is 10.2 Å². The van der Waals surface area contributed by atoms with Crippen molar-refractivity contribution in [3.63, 3.8) is 0 Å². The summed E-state index contributed by atoms with van der Waals surface area (Å²) in [5.41, 5.74) is 2.47. The Bertz CT molecular complexity index is 910. The molecule has 0 spiro atoms. The zero-order valence-corrected chi connectivity index (χ0v) is 15.2. The highest BCUT2D eigenvalue weighted by Crippen LogP contribution is 2.31. The van der Waals surface area contributed by atoms with E-state index in [4.69, 9.17) is 20.8 Å². The normalized spacial score (nSPS) is 10.6. The van der Waals surface area contributed by atoms with Crippen LogP contribution in [0.15, 0.2) is 46.9 Å². The van der Waals surface area contributed by atoms with Crippen molar-refractivity contribution >= 4 is 23.2 Å². The van der Waals surface area contributed by atoms with Gasteiger partial charge in [-0.1, -0.05) is 41.9 Å². The van der Waals surface area contributed by atoms with Crippen molar-refractivity contribution in [2.75, 3.05) is 12.4 Å². The highest BCUT2D eigenvalue weighted by Gasteiger charge is 2.17. The molecule has 0 saturated heterocycles. The van der Waals surface area contributed by atoms with E-state index < -0.39 is 5.91 Å². The number of nitrogens with zero attached hydrogens (tertiary/aromatic N) is 2. The number of halogens is 1. The van der Waals surface area contributed by atoms with Crippen molar-refractivity contribution < 1.29 is 13.9 Å². The van der Waals surface area contributed by atoms with Crippen molar-refractivity contribution in [1.29, 1.82) is 0 Å². The van der Waals surface area contributed by atoms with E-state index in [1.165, 1.54) is 7.11 Å². The third-order valence-electron chi connectivity index (χ3n) is 3.86. The average molecular weight is 372 g/mol. The summed E-state index contributed by atoms with van der Waals surface area (Å²) in [7, 11) is 1.50. The topological polar surface area (TPSA) is 77.2 Å². The Balaban J connectivity index is 1.68. The fourth-order valence-corrected chi connectivity index (χ4v) is 2.60. The number of carbonyl (C=O) groups excluding carboxylic acids is 1. The first-order valence-corrected chi connectivity index (χ1v) is 8.46. The Kier molecular flexibility index (Phi) is 5.53. The second-order valence-corrected chi connectivity index (χ2v) is 6.15. The summed E-state index contributed by atoms with van der Waals surface area (Å²) < 4.78 is 10.7. The number of aryl methyl sites for hydroxylation is 3. The molecule has 3 aromatic rings. The third-order valence-corrected chi connectivity index (χ3v) is 4.27. The molecule has 0 aliphatic rings. The molecular weight excluding hydrogens is 354 g/mol. The lowest BCUT2D eigenvalue weighted by Gasteiger charge is -2.11. The van der Waals surface area contributed by atoms with Crippen molar-refractivity contribution in [3.8, 4) is 5.75 Å². The van der Waals surface area contributed by atoms with Gasteiger partial charge in [-0.05, 0) is 30.5 Å². The van der Waals surface area contributed by atoms with E-state index in [-0.39, 0.29) is 5.89 Å². The van der Waals surface area contributed by atoms with Gasteiger partial charge in [0, 0.05) is 17.5 Å². The first-order valence-electron chi connectivity index (χ1n) is 8.08. The van der Waals surface area contributed by atoms with Gasteiger partial charge < -0.3 is 14.5 Å². The van der Waals surface area contributed by atoms with Gasteiger partial charge in [-0.25, -0.2) is 0 Å². The molecule has 26 heavy (non-hydrogen) atoms. The SMILES string of the molecule is COc1cc(Cl)c(C)cc1NC(=O)c1nnc(CCc2ccccc2)o1. The fraction of sp³-hybridized carbons (Fsp3) is 0.211. The Labute approximate surface area is 156 Å². The quantitative estimate of drug-likeness (QED) is 0.706. The van der Waals surface area contributed by atoms with E-state index in [0.717, 1.165) is 17.5 Å². The third kappa shape index (κ3) is 4.21. The van der Waals surface area contributed by atoms with Crippen LogP contribution < -0.4 is 10.1 Å². The number of carbonyl (C=O) groups is 1. The molecule has 0 fully saturated rings. The minimum atomic E-state index is -0.497. The number of hydrogen-bond donors (Lipinski definition) is 1. The molecular formula is C19H18ClN3O3. The predicted octanol–water partition coefficient (Wildman–Crippen LogP) is 4.08. The number of amides is 1. The van der Waals surface area contributed by atoms with Gasteiger partial charge in [0.05, 0.1) is 12.8 Å². The van der Waals surface area contributed by atoms with Crippen LogP contribution in [0, 0.1) is 6.92 Å². The lowest BCUT2D eigenvalue weighted by atomic mass is 10.1. The smallest absolute Gasteiger partial charge is 0.313 e. The summed E-state index contributed by atoms with van der Waals surface area (Å²) in [6, 6.07) is 13.3. The number of aromatic nitrogens is 2. The summed E-state index contributed by atoms with van der Waals surface area (Å²) in [5.74, 6) is 0.280. The highest BCUT2D eigenvalue weighted by atomic mass is 35.5. The van der Waals surface area contributed by atoms with Gasteiger partial charge in [-0.2, -0.15) is 0 Å². The zero-order chi connectivity index (χ0) is 18.5. The predicted molar refractivity (Wildman–Crippen MR) is 98.8 cm³/mol. The van der Waals surface area contributed by atoms with Crippen molar-refractivity contribution in [3.05, 3.63) is 70.4 Å². The van der Waals surface area contributed by atoms with E-state index in [2.05, 4.69) is 15.5 Å². The highest BCUT2D eigenvalue weighted by molar-refractivity contribution is 6.31. The number of methoxy groups -OCH3 is 1. The zero-order valence-electron chi connectivity index (χ0n) is 14.5. The monoisotopic (exact) mass is 371 g/mol. The molecule has 1 N–H and O–H groups in total. The molecule has 0 radical (unpaired) electrons. The maximum atomic E-state index is 12.4. The van der Waals surface area contributed by atoms with Crippen LogP contribution in [0.5, 0.6) is 5.75 Å². The molecule has 0 bridgehead atoms. The van der Waals surface area contributed by atoms with Crippen LogP contribution in [0.3, 0.4) is 0 Å². The number of rotatable bonds is 6. The van der Waals surface area contributed by atoms with Gasteiger partial charge in [0.15, 0.2) is 0 Å². The molecule has 0 saturated carbocycles. The molecule has 7 heteroatoms. The number of anilines is 1. The van der Waals surface area contributed by atoms with Crippen molar-refractivity contribution in [2.45, 2.75) is 19.8 Å². The maximum absolute atomic E-state index is 12.4. The Morgan fingerprint density at radius 3 is 2.69 bits per heavy atom. The maximum Gasteiger partial charge on any atom is 0.313 e. The average Bonchev–Trinajstić information content (AvgIpc) is 3.13. The van der Waals surface area contributed by atoms with E-state index in [0.29, 0.717) is 28.8 Å². The number of nitrogens with one attached hydrogen (secondary N) is 1. The second kappa shape index (κ2) is 8.01. The molecule has 134 valence electrons. The van der Waals surface area contributed by atoms with Crippen LogP contribution in [-0.4, -0.2) is 23.2 Å². The summed E-state index contributed by atoms with van der Waals surface area (Å²) in [4.78, 5) is 12.4. The van der Waals surface area contributed by atoms with E-state index in [1.54, 1.807) is 12.1 Å². The summed E-state index contributed by atoms with van der Waals surface area (Å²) in [5, 5.41) is 11.0. The number of ether oxygens (including phenoxy) is 1. The van der Waals surface area contributed by atoms with Crippen LogP contribution in [0.2, 0.25) is 5.02 Å². The van der Waals surface area contributed by atoms with Crippen molar-refractivity contribution in [1.82, 2.24) is 10.2 Å². The first-order chi connectivity index (χ1) is 12.6. The lowest BCUT2D eigenvalue weighted by molar-refractivity contribution is 0.0988. The van der Waals surface area contributed by atoms with E-state index in [9.17, 15) is 4.79 Å². The molecule has 0 unspecified atom stereocenters. The summed E-state index contributed by atoms with van der Waals surface area (Å²) in [6.45, 7) is 1.84. The number of benzene rings is 2. The van der Waals surface area contributed by atoms with Gasteiger partial charge in [-0.3, -0.25) is 4.79 Å². The number of hydrogen-bond acceptors (Lipinski definition) is 5. The molecule has 0 aliphatic heterocycles. The Morgan fingerprint density at radius 1 is 1.19 bits per heavy atom. The minimum Gasteiger partial charge on any atom is -0.495 e. The Hall–Kier alpha value is -2.86. The molecule has 2 aromatic carbocycles. The largest absolute Gasteiger partial charge is 0.495 e. The standard InChI is InChI=1S/C19H18ClN3O3/c1-12-10-15(16(25-2)11-14(12)20)21-18(24)19-23-22-17(26-19)9-8-13-6-4-3-5-7-13/h3-7,10-11H,8-9H2,1-2H3,(H,21,24). The van der Waals surface area contributed by atoms with Crippen LogP contribution in [-0.2, 0) is 12.8 Å². The van der Waals surface area contributed by atoms with Crippen molar-refractivity contribution in [2.24, 2.45) is 0 Å². The van der Waals surface area contributed by atoms with Gasteiger partial charge >= 0.3 is 11.8 Å².